The van der Waals surface area contributed by atoms with Crippen LogP contribution in [0.3, 0.4) is 0 Å². The second kappa shape index (κ2) is 4.34. The number of nitrogens with one attached hydrogen (secondary N) is 1. The maximum Gasteiger partial charge on any atom is 0.0412 e. The molecule has 2 aliphatic rings. The molecule has 1 fully saturated rings. The Hall–Kier alpha value is -1.02. The van der Waals surface area contributed by atoms with E-state index in [-0.39, 0.29) is 0 Å². The van der Waals surface area contributed by atoms with Gasteiger partial charge in [-0.2, -0.15) is 0 Å². The Balaban J connectivity index is 1.94. The van der Waals surface area contributed by atoms with Crippen LogP contribution in [0, 0.1) is 0 Å². The molecule has 2 nitrogen and oxygen atoms in total. The molecule has 1 spiro atoms. The number of para-hydroxylation sites is 1. The first-order valence-corrected chi connectivity index (χ1v) is 6.91. The Morgan fingerprint density at radius 3 is 2.76 bits per heavy atom. The number of anilines is 1. The van der Waals surface area contributed by atoms with Crippen molar-refractivity contribution in [2.45, 2.75) is 44.7 Å². The zero-order valence-electron chi connectivity index (χ0n) is 10.7. The molecule has 92 valence electrons. The predicted octanol–water partition coefficient (Wildman–Crippen LogP) is 2.93. The summed E-state index contributed by atoms with van der Waals surface area (Å²) in [6, 6.07) is 8.85. The van der Waals surface area contributed by atoms with Crippen LogP contribution in [0.2, 0.25) is 0 Å². The van der Waals surface area contributed by atoms with Crippen LogP contribution in [0.5, 0.6) is 0 Å². The van der Waals surface area contributed by atoms with Gasteiger partial charge in [0, 0.05) is 30.9 Å². The Labute approximate surface area is 104 Å². The fourth-order valence-electron chi connectivity index (χ4n) is 3.43. The van der Waals surface area contributed by atoms with Crippen LogP contribution >= 0.6 is 0 Å². The molecule has 1 aliphatic carbocycles. The van der Waals surface area contributed by atoms with Gasteiger partial charge in [-0.25, -0.2) is 0 Å². The molecular formula is C15H22N2. The molecule has 0 unspecified atom stereocenters. The molecule has 17 heavy (non-hydrogen) atoms. The van der Waals surface area contributed by atoms with Gasteiger partial charge in [-0.1, -0.05) is 31.0 Å². The molecule has 1 saturated carbocycles. The lowest BCUT2D eigenvalue weighted by Gasteiger charge is -2.34. The minimum Gasteiger partial charge on any atom is -0.370 e. The van der Waals surface area contributed by atoms with Crippen LogP contribution in [0.15, 0.2) is 24.3 Å². The monoisotopic (exact) mass is 230 g/mol. The normalized spacial score (nSPS) is 22.5. The number of rotatable bonds is 1. The summed E-state index contributed by atoms with van der Waals surface area (Å²) in [4.78, 5) is 2.56. The van der Waals surface area contributed by atoms with Gasteiger partial charge in [0.15, 0.2) is 0 Å². The molecule has 2 heteroatoms. The maximum atomic E-state index is 3.84. The highest BCUT2D eigenvalue weighted by Crippen LogP contribution is 2.35. The summed E-state index contributed by atoms with van der Waals surface area (Å²) in [7, 11) is 0. The summed E-state index contributed by atoms with van der Waals surface area (Å²) < 4.78 is 0. The third-order valence-electron chi connectivity index (χ3n) is 4.42. The van der Waals surface area contributed by atoms with E-state index >= 15 is 0 Å². The summed E-state index contributed by atoms with van der Waals surface area (Å²) in [5.41, 5.74) is 3.28. The topological polar surface area (TPSA) is 15.3 Å². The predicted molar refractivity (Wildman–Crippen MR) is 72.4 cm³/mol. The van der Waals surface area contributed by atoms with Gasteiger partial charge in [0.05, 0.1) is 0 Å². The van der Waals surface area contributed by atoms with Crippen molar-refractivity contribution in [3.8, 4) is 0 Å². The lowest BCUT2D eigenvalue weighted by Crippen LogP contribution is -2.49. The minimum atomic E-state index is 0.384. The lowest BCUT2D eigenvalue weighted by molar-refractivity contribution is 0.339. The van der Waals surface area contributed by atoms with Crippen molar-refractivity contribution in [1.29, 1.82) is 0 Å². The second-order valence-corrected chi connectivity index (χ2v) is 5.48. The highest BCUT2D eigenvalue weighted by molar-refractivity contribution is 5.55. The summed E-state index contributed by atoms with van der Waals surface area (Å²) >= 11 is 0. The van der Waals surface area contributed by atoms with E-state index in [0.717, 1.165) is 13.1 Å². The van der Waals surface area contributed by atoms with E-state index in [1.54, 1.807) is 0 Å². The molecule has 1 aliphatic heterocycles. The SMILES string of the molecule is CCN1CC2(CCCC2)NCc2ccccc21. The molecule has 0 atom stereocenters. The number of hydrogen-bond donors (Lipinski definition) is 1. The summed E-state index contributed by atoms with van der Waals surface area (Å²) in [5, 5.41) is 3.84. The average molecular weight is 230 g/mol. The highest BCUT2D eigenvalue weighted by atomic mass is 15.2. The van der Waals surface area contributed by atoms with Crippen molar-refractivity contribution in [2.75, 3.05) is 18.0 Å². The van der Waals surface area contributed by atoms with E-state index in [1.165, 1.54) is 43.5 Å². The van der Waals surface area contributed by atoms with Gasteiger partial charge in [-0.05, 0) is 31.4 Å². The van der Waals surface area contributed by atoms with Crippen molar-refractivity contribution < 1.29 is 0 Å². The molecule has 1 heterocycles. The summed E-state index contributed by atoms with van der Waals surface area (Å²) in [5.74, 6) is 0. The third-order valence-corrected chi connectivity index (χ3v) is 4.42. The lowest BCUT2D eigenvalue weighted by atomic mass is 9.97. The van der Waals surface area contributed by atoms with Crippen LogP contribution in [-0.4, -0.2) is 18.6 Å². The van der Waals surface area contributed by atoms with Gasteiger partial charge in [0.1, 0.15) is 0 Å². The molecule has 0 radical (unpaired) electrons. The van der Waals surface area contributed by atoms with E-state index in [2.05, 4.69) is 41.4 Å². The molecule has 0 aromatic heterocycles. The molecule has 0 amide bonds. The van der Waals surface area contributed by atoms with Gasteiger partial charge < -0.3 is 10.2 Å². The Morgan fingerprint density at radius 2 is 2.00 bits per heavy atom. The van der Waals surface area contributed by atoms with E-state index in [4.69, 9.17) is 0 Å². The summed E-state index contributed by atoms with van der Waals surface area (Å²) in [6.45, 7) is 5.60. The first kappa shape index (κ1) is 11.1. The van der Waals surface area contributed by atoms with E-state index in [9.17, 15) is 0 Å². The molecule has 1 aromatic carbocycles. The average Bonchev–Trinajstić information content (AvgIpc) is 2.76. The van der Waals surface area contributed by atoms with Crippen molar-refractivity contribution in [2.24, 2.45) is 0 Å². The quantitative estimate of drug-likeness (QED) is 0.798. The van der Waals surface area contributed by atoms with Crippen molar-refractivity contribution >= 4 is 5.69 Å². The first-order chi connectivity index (χ1) is 8.33. The fourth-order valence-corrected chi connectivity index (χ4v) is 3.43. The van der Waals surface area contributed by atoms with E-state index in [0.29, 0.717) is 5.54 Å². The van der Waals surface area contributed by atoms with E-state index in [1.807, 2.05) is 0 Å². The molecule has 1 N–H and O–H groups in total. The molecule has 1 aromatic rings. The Kier molecular flexibility index (Phi) is 2.83. The second-order valence-electron chi connectivity index (χ2n) is 5.48. The molecule has 0 saturated heterocycles. The van der Waals surface area contributed by atoms with Crippen LogP contribution < -0.4 is 10.2 Å². The zero-order chi connectivity index (χ0) is 11.7. The molecule has 0 bridgehead atoms. The minimum absolute atomic E-state index is 0.384. The van der Waals surface area contributed by atoms with E-state index < -0.39 is 0 Å². The standard InChI is InChI=1S/C15H22N2/c1-2-17-12-15(9-5-6-10-15)16-11-13-7-3-4-8-14(13)17/h3-4,7-8,16H,2,5-6,9-12H2,1H3. The fraction of sp³-hybridized carbons (Fsp3) is 0.600. The van der Waals surface area contributed by atoms with Gasteiger partial charge >= 0.3 is 0 Å². The smallest absolute Gasteiger partial charge is 0.0412 e. The number of fused-ring (bicyclic) bond motifs is 1. The zero-order valence-corrected chi connectivity index (χ0v) is 10.7. The summed E-state index contributed by atoms with van der Waals surface area (Å²) in [6.07, 6.45) is 5.47. The van der Waals surface area contributed by atoms with Crippen LogP contribution in [-0.2, 0) is 6.54 Å². The Bertz CT molecular complexity index is 394. The third kappa shape index (κ3) is 1.95. The highest BCUT2D eigenvalue weighted by Gasteiger charge is 2.37. The van der Waals surface area contributed by atoms with Gasteiger partial charge in [-0.15, -0.1) is 0 Å². The van der Waals surface area contributed by atoms with Crippen LogP contribution in [0.1, 0.15) is 38.2 Å². The van der Waals surface area contributed by atoms with Crippen LogP contribution in [0.4, 0.5) is 5.69 Å². The van der Waals surface area contributed by atoms with Crippen molar-refractivity contribution in [1.82, 2.24) is 5.32 Å². The van der Waals surface area contributed by atoms with Gasteiger partial charge in [0.2, 0.25) is 0 Å². The maximum absolute atomic E-state index is 3.84. The van der Waals surface area contributed by atoms with Crippen molar-refractivity contribution in [3.05, 3.63) is 29.8 Å². The van der Waals surface area contributed by atoms with Crippen LogP contribution in [0.25, 0.3) is 0 Å². The number of nitrogens with zero attached hydrogens (tertiary/aromatic N) is 1. The largest absolute Gasteiger partial charge is 0.370 e. The number of hydrogen-bond acceptors (Lipinski definition) is 2. The number of benzene rings is 1. The molecule has 3 rings (SSSR count). The van der Waals surface area contributed by atoms with Crippen molar-refractivity contribution in [3.63, 3.8) is 0 Å². The molecular weight excluding hydrogens is 208 g/mol. The number of likely N-dealkylation sites (N-methyl/N-ethyl adjacent to an activating group) is 1. The Morgan fingerprint density at radius 1 is 1.24 bits per heavy atom. The van der Waals surface area contributed by atoms with Gasteiger partial charge in [0.25, 0.3) is 0 Å². The van der Waals surface area contributed by atoms with Gasteiger partial charge in [-0.3, -0.25) is 0 Å². The first-order valence-electron chi connectivity index (χ1n) is 6.91.